The van der Waals surface area contributed by atoms with Crippen molar-refractivity contribution in [2.45, 2.75) is 64.3 Å². The first-order valence-electron chi connectivity index (χ1n) is 9.98. The highest BCUT2D eigenvalue weighted by atomic mass is 35.5. The molecule has 0 aromatic heterocycles. The summed E-state index contributed by atoms with van der Waals surface area (Å²) in [4.78, 5) is 24.9. The molecule has 1 saturated heterocycles. The number of hydrogen-bond acceptors (Lipinski definition) is 5. The third-order valence-electron chi connectivity index (χ3n) is 6.10. The van der Waals surface area contributed by atoms with Crippen molar-refractivity contribution in [3.05, 3.63) is 29.8 Å². The molecular formula is C21H32ClN3O4. The summed E-state index contributed by atoms with van der Waals surface area (Å²) >= 11 is 0. The Morgan fingerprint density at radius 1 is 1.34 bits per heavy atom. The molecule has 2 aliphatic rings. The minimum Gasteiger partial charge on any atom is -0.378 e. The molecule has 0 spiro atoms. The molecule has 3 rings (SSSR count). The fourth-order valence-corrected chi connectivity index (χ4v) is 3.93. The standard InChI is InChI=1S/C21H31N3O4.ClH/c1-4-27-17-12-21(22,20(17,2)3)19(26)23-13-14-7-5-8-15(11-14)24-18(25)16-9-6-10-28-16;/h5,7-8,11,16-17H,4,6,9-10,12-13,22H2,1-3H3,(H,23,26)(H,24,25);1H. The van der Waals surface area contributed by atoms with E-state index in [1.54, 1.807) is 0 Å². The quantitative estimate of drug-likeness (QED) is 0.622. The SMILES string of the molecule is CCOC1CC(N)(C(=O)NCc2cccc(NC(=O)C3CCCO3)c2)C1(C)C.Cl. The van der Waals surface area contributed by atoms with E-state index in [1.807, 2.05) is 45.0 Å². The van der Waals surface area contributed by atoms with Crippen molar-refractivity contribution in [1.29, 1.82) is 0 Å². The van der Waals surface area contributed by atoms with Crippen LogP contribution in [-0.4, -0.2) is 42.8 Å². The third kappa shape index (κ3) is 4.74. The molecule has 1 heterocycles. The van der Waals surface area contributed by atoms with Gasteiger partial charge in [0.25, 0.3) is 5.91 Å². The molecule has 1 aromatic rings. The lowest BCUT2D eigenvalue weighted by Gasteiger charge is -2.57. The Morgan fingerprint density at radius 2 is 2.10 bits per heavy atom. The summed E-state index contributed by atoms with van der Waals surface area (Å²) in [6.45, 7) is 7.46. The van der Waals surface area contributed by atoms with Gasteiger partial charge in [-0.15, -0.1) is 12.4 Å². The average molecular weight is 426 g/mol. The van der Waals surface area contributed by atoms with Crippen LogP contribution < -0.4 is 16.4 Å². The van der Waals surface area contributed by atoms with Gasteiger partial charge < -0.3 is 25.8 Å². The topological polar surface area (TPSA) is 103 Å². The van der Waals surface area contributed by atoms with Gasteiger partial charge in [0.15, 0.2) is 0 Å². The summed E-state index contributed by atoms with van der Waals surface area (Å²) < 4.78 is 11.1. The number of hydrogen-bond donors (Lipinski definition) is 3. The Hall–Kier alpha value is -1.67. The molecule has 0 bridgehead atoms. The third-order valence-corrected chi connectivity index (χ3v) is 6.10. The summed E-state index contributed by atoms with van der Waals surface area (Å²) in [5, 5.41) is 5.82. The van der Waals surface area contributed by atoms with E-state index in [9.17, 15) is 9.59 Å². The van der Waals surface area contributed by atoms with Gasteiger partial charge in [-0.05, 0) is 37.5 Å². The second kappa shape index (κ2) is 9.43. The van der Waals surface area contributed by atoms with E-state index in [-0.39, 0.29) is 36.4 Å². The Labute approximate surface area is 178 Å². The van der Waals surface area contributed by atoms with Crippen molar-refractivity contribution in [2.24, 2.45) is 11.1 Å². The zero-order chi connectivity index (χ0) is 20.4. The van der Waals surface area contributed by atoms with Crippen LogP contribution >= 0.6 is 12.4 Å². The largest absolute Gasteiger partial charge is 0.378 e. The van der Waals surface area contributed by atoms with Crippen LogP contribution in [0.15, 0.2) is 24.3 Å². The summed E-state index contributed by atoms with van der Waals surface area (Å²) in [6, 6.07) is 7.43. The lowest BCUT2D eigenvalue weighted by Crippen LogP contribution is -2.75. The number of carbonyl (C=O) groups excluding carboxylic acids is 2. The Morgan fingerprint density at radius 3 is 2.72 bits per heavy atom. The van der Waals surface area contributed by atoms with E-state index >= 15 is 0 Å². The van der Waals surface area contributed by atoms with Crippen LogP contribution in [0.2, 0.25) is 0 Å². The normalized spacial score (nSPS) is 27.4. The molecular weight excluding hydrogens is 394 g/mol. The van der Waals surface area contributed by atoms with Crippen LogP contribution in [0.25, 0.3) is 0 Å². The Balaban J connectivity index is 0.00000300. The number of amides is 2. The Kier molecular flexibility index (Phi) is 7.67. The van der Waals surface area contributed by atoms with Crippen LogP contribution in [0.5, 0.6) is 0 Å². The highest BCUT2D eigenvalue weighted by Crippen LogP contribution is 2.49. The minimum atomic E-state index is -0.946. The molecule has 29 heavy (non-hydrogen) atoms. The fraction of sp³-hybridized carbons (Fsp3) is 0.619. The van der Waals surface area contributed by atoms with Gasteiger partial charge in [-0.1, -0.05) is 26.0 Å². The van der Waals surface area contributed by atoms with Crippen molar-refractivity contribution in [2.75, 3.05) is 18.5 Å². The first-order chi connectivity index (χ1) is 13.3. The van der Waals surface area contributed by atoms with Gasteiger partial charge in [-0.3, -0.25) is 9.59 Å². The predicted octanol–water partition coefficient (Wildman–Crippen LogP) is 2.37. The van der Waals surface area contributed by atoms with E-state index in [4.69, 9.17) is 15.2 Å². The molecule has 0 radical (unpaired) electrons. The lowest BCUT2D eigenvalue weighted by atomic mass is 9.54. The van der Waals surface area contributed by atoms with Crippen LogP contribution in [0.1, 0.15) is 45.6 Å². The smallest absolute Gasteiger partial charge is 0.253 e. The molecule has 162 valence electrons. The molecule has 2 amide bonds. The molecule has 1 aromatic carbocycles. The van der Waals surface area contributed by atoms with E-state index in [0.29, 0.717) is 31.9 Å². The zero-order valence-corrected chi connectivity index (χ0v) is 18.1. The highest BCUT2D eigenvalue weighted by Gasteiger charge is 2.62. The number of nitrogens with two attached hydrogens (primary N) is 1. The fourth-order valence-electron chi connectivity index (χ4n) is 3.93. The summed E-state index contributed by atoms with van der Waals surface area (Å²) in [5.74, 6) is -0.306. The van der Waals surface area contributed by atoms with Gasteiger partial charge in [0, 0.05) is 37.3 Å². The molecule has 1 aliphatic heterocycles. The molecule has 4 N–H and O–H groups in total. The van der Waals surface area contributed by atoms with Crippen LogP contribution in [0, 0.1) is 5.41 Å². The molecule has 1 aliphatic carbocycles. The van der Waals surface area contributed by atoms with E-state index in [0.717, 1.165) is 18.4 Å². The second-order valence-electron chi connectivity index (χ2n) is 8.22. The van der Waals surface area contributed by atoms with Gasteiger partial charge in [-0.2, -0.15) is 0 Å². The van der Waals surface area contributed by atoms with Crippen molar-refractivity contribution in [3.63, 3.8) is 0 Å². The Bertz CT molecular complexity index is 736. The number of carbonyl (C=O) groups is 2. The maximum Gasteiger partial charge on any atom is 0.253 e. The molecule has 3 atom stereocenters. The predicted molar refractivity (Wildman–Crippen MR) is 114 cm³/mol. The van der Waals surface area contributed by atoms with E-state index in [2.05, 4.69) is 10.6 Å². The maximum atomic E-state index is 12.7. The zero-order valence-electron chi connectivity index (χ0n) is 17.3. The number of rotatable bonds is 7. The number of anilines is 1. The monoisotopic (exact) mass is 425 g/mol. The second-order valence-corrected chi connectivity index (χ2v) is 8.22. The van der Waals surface area contributed by atoms with Gasteiger partial charge in [0.2, 0.25) is 5.91 Å². The first-order valence-corrected chi connectivity index (χ1v) is 9.98. The number of ether oxygens (including phenoxy) is 2. The van der Waals surface area contributed by atoms with Crippen LogP contribution in [0.3, 0.4) is 0 Å². The molecule has 3 unspecified atom stereocenters. The van der Waals surface area contributed by atoms with Crippen molar-refractivity contribution < 1.29 is 19.1 Å². The summed E-state index contributed by atoms with van der Waals surface area (Å²) in [7, 11) is 0. The maximum absolute atomic E-state index is 12.7. The summed E-state index contributed by atoms with van der Waals surface area (Å²) in [6.07, 6.45) is 1.78. The van der Waals surface area contributed by atoms with Gasteiger partial charge in [0.05, 0.1) is 6.10 Å². The number of benzene rings is 1. The van der Waals surface area contributed by atoms with Crippen molar-refractivity contribution in [3.8, 4) is 0 Å². The van der Waals surface area contributed by atoms with Crippen molar-refractivity contribution >= 4 is 29.9 Å². The first kappa shape index (κ1) is 23.6. The van der Waals surface area contributed by atoms with Gasteiger partial charge in [0.1, 0.15) is 11.6 Å². The van der Waals surface area contributed by atoms with Crippen molar-refractivity contribution in [1.82, 2.24) is 5.32 Å². The van der Waals surface area contributed by atoms with E-state index in [1.165, 1.54) is 0 Å². The van der Waals surface area contributed by atoms with Gasteiger partial charge >= 0.3 is 0 Å². The number of halogens is 1. The highest BCUT2D eigenvalue weighted by molar-refractivity contribution is 5.94. The lowest BCUT2D eigenvalue weighted by molar-refractivity contribution is -0.170. The van der Waals surface area contributed by atoms with Crippen LogP contribution in [-0.2, 0) is 25.6 Å². The van der Waals surface area contributed by atoms with Crippen LogP contribution in [0.4, 0.5) is 5.69 Å². The summed E-state index contributed by atoms with van der Waals surface area (Å²) in [5.41, 5.74) is 6.62. The number of nitrogens with one attached hydrogen (secondary N) is 2. The van der Waals surface area contributed by atoms with Gasteiger partial charge in [-0.25, -0.2) is 0 Å². The molecule has 8 heteroatoms. The molecule has 2 fully saturated rings. The minimum absolute atomic E-state index is 0. The molecule has 1 saturated carbocycles. The molecule has 7 nitrogen and oxygen atoms in total. The average Bonchev–Trinajstić information content (AvgIpc) is 3.21. The van der Waals surface area contributed by atoms with E-state index < -0.39 is 11.0 Å².